The van der Waals surface area contributed by atoms with Crippen LogP contribution in [0.15, 0.2) is 33.9 Å². The molecule has 3 N–H and O–H groups in total. The molecule has 19 heavy (non-hydrogen) atoms. The molecule has 0 radical (unpaired) electrons. The average molecular weight is 279 g/mol. The van der Waals surface area contributed by atoms with Gasteiger partial charge >= 0.3 is 11.4 Å². The Hall–Kier alpha value is -2.35. The van der Waals surface area contributed by atoms with Gasteiger partial charge < -0.3 is 11.1 Å². The van der Waals surface area contributed by atoms with Gasteiger partial charge in [-0.2, -0.15) is 0 Å². The van der Waals surface area contributed by atoms with Gasteiger partial charge in [0.2, 0.25) is 0 Å². The summed E-state index contributed by atoms with van der Waals surface area (Å²) in [6, 6.07) is 6.73. The van der Waals surface area contributed by atoms with Crippen molar-refractivity contribution < 1.29 is 0 Å². The summed E-state index contributed by atoms with van der Waals surface area (Å²) in [5.74, 6) is 0. The van der Waals surface area contributed by atoms with Crippen LogP contribution in [-0.4, -0.2) is 19.0 Å². The number of nitrogens with one attached hydrogen (secondary N) is 1. The molecule has 0 saturated carbocycles. The fourth-order valence-electron chi connectivity index (χ4n) is 1.71. The molecule has 1 heterocycles. The molecule has 100 valence electrons. The highest BCUT2D eigenvalue weighted by Gasteiger charge is 2.12. The fourth-order valence-corrected chi connectivity index (χ4v) is 1.83. The van der Waals surface area contributed by atoms with Crippen LogP contribution in [0.1, 0.15) is 0 Å². The fraction of sp³-hybridized carbons (Fsp3) is 0.182. The number of nitrogens with two attached hydrogens (primary N) is 1. The lowest BCUT2D eigenvalue weighted by atomic mass is 10.3. The molecule has 0 aliphatic heterocycles. The molecular formula is C11H13N5O2S. The summed E-state index contributed by atoms with van der Waals surface area (Å²) in [4.78, 5) is 24.0. The summed E-state index contributed by atoms with van der Waals surface area (Å²) in [6.45, 7) is 0. The maximum atomic E-state index is 12.0. The highest BCUT2D eigenvalue weighted by molar-refractivity contribution is 7.80. The van der Waals surface area contributed by atoms with E-state index >= 15 is 0 Å². The van der Waals surface area contributed by atoms with Crippen molar-refractivity contribution in [3.8, 4) is 5.69 Å². The number of rotatable bonds is 2. The van der Waals surface area contributed by atoms with Crippen molar-refractivity contribution in [1.29, 1.82) is 0 Å². The molecular weight excluding hydrogens is 266 g/mol. The quantitative estimate of drug-likeness (QED) is 0.726. The first-order valence-electron chi connectivity index (χ1n) is 5.43. The Labute approximate surface area is 113 Å². The minimum atomic E-state index is -0.417. The molecule has 7 nitrogen and oxygen atoms in total. The van der Waals surface area contributed by atoms with Crippen LogP contribution in [-0.2, 0) is 14.1 Å². The van der Waals surface area contributed by atoms with Gasteiger partial charge in [-0.05, 0) is 30.4 Å². The summed E-state index contributed by atoms with van der Waals surface area (Å²) < 4.78 is 3.54. The number of benzene rings is 1. The number of nitrogens with zero attached hydrogens (tertiary/aromatic N) is 3. The molecule has 0 saturated heterocycles. The maximum absolute atomic E-state index is 12.0. The first-order chi connectivity index (χ1) is 8.91. The smallest absolute Gasteiger partial charge is 0.351 e. The SMILES string of the molecule is Cn1c(=O)n(-c2cccc(NC(N)=S)c2)c(=O)n1C. The van der Waals surface area contributed by atoms with E-state index in [-0.39, 0.29) is 5.11 Å². The van der Waals surface area contributed by atoms with Gasteiger partial charge in [-0.25, -0.2) is 23.5 Å². The summed E-state index contributed by atoms with van der Waals surface area (Å²) in [5.41, 5.74) is 5.61. The van der Waals surface area contributed by atoms with E-state index in [0.717, 1.165) is 4.57 Å². The molecule has 0 fully saturated rings. The van der Waals surface area contributed by atoms with E-state index in [1.54, 1.807) is 24.3 Å². The molecule has 0 unspecified atom stereocenters. The third-order valence-electron chi connectivity index (χ3n) is 2.76. The number of anilines is 1. The Morgan fingerprint density at radius 2 is 1.79 bits per heavy atom. The first-order valence-corrected chi connectivity index (χ1v) is 5.84. The third kappa shape index (κ3) is 2.29. The van der Waals surface area contributed by atoms with E-state index in [1.807, 2.05) is 0 Å². The zero-order valence-corrected chi connectivity index (χ0v) is 11.3. The van der Waals surface area contributed by atoms with Gasteiger partial charge in [-0.15, -0.1) is 0 Å². The van der Waals surface area contributed by atoms with Crippen molar-refractivity contribution in [2.75, 3.05) is 5.32 Å². The summed E-state index contributed by atoms with van der Waals surface area (Å²) in [6.07, 6.45) is 0. The van der Waals surface area contributed by atoms with E-state index in [4.69, 9.17) is 18.0 Å². The van der Waals surface area contributed by atoms with Crippen LogP contribution in [0.25, 0.3) is 5.69 Å². The van der Waals surface area contributed by atoms with Gasteiger partial charge in [0.25, 0.3) is 0 Å². The Morgan fingerprint density at radius 1 is 1.21 bits per heavy atom. The van der Waals surface area contributed by atoms with Gasteiger partial charge in [-0.3, -0.25) is 0 Å². The second-order valence-electron chi connectivity index (χ2n) is 3.99. The zero-order chi connectivity index (χ0) is 14.2. The normalized spacial score (nSPS) is 10.4. The van der Waals surface area contributed by atoms with Crippen molar-refractivity contribution in [2.24, 2.45) is 19.8 Å². The minimum absolute atomic E-state index is 0.116. The van der Waals surface area contributed by atoms with E-state index in [1.165, 1.54) is 23.5 Å². The number of thiocarbonyl (C=S) groups is 1. The highest BCUT2D eigenvalue weighted by Crippen LogP contribution is 2.11. The molecule has 0 atom stereocenters. The zero-order valence-electron chi connectivity index (χ0n) is 10.5. The average Bonchev–Trinajstić information content (AvgIpc) is 2.53. The molecule has 2 rings (SSSR count). The largest absolute Gasteiger partial charge is 0.376 e. The van der Waals surface area contributed by atoms with Gasteiger partial charge in [0.05, 0.1) is 5.69 Å². The molecule has 0 amide bonds. The third-order valence-corrected chi connectivity index (χ3v) is 2.86. The van der Waals surface area contributed by atoms with E-state index in [0.29, 0.717) is 11.4 Å². The molecule has 1 aromatic heterocycles. The molecule has 1 aromatic carbocycles. The first kappa shape index (κ1) is 13.1. The second kappa shape index (κ2) is 4.73. The molecule has 2 aromatic rings. The molecule has 0 aliphatic rings. The van der Waals surface area contributed by atoms with Gasteiger partial charge in [0, 0.05) is 19.8 Å². The van der Waals surface area contributed by atoms with Crippen molar-refractivity contribution in [3.05, 3.63) is 45.2 Å². The molecule has 0 aliphatic carbocycles. The van der Waals surface area contributed by atoms with Crippen LogP contribution in [0.5, 0.6) is 0 Å². The lowest BCUT2D eigenvalue weighted by Gasteiger charge is -2.05. The highest BCUT2D eigenvalue weighted by atomic mass is 32.1. The topological polar surface area (TPSA) is 87.0 Å². The van der Waals surface area contributed by atoms with Crippen LogP contribution >= 0.6 is 12.2 Å². The Bertz CT molecular complexity index is 722. The molecule has 0 spiro atoms. The minimum Gasteiger partial charge on any atom is -0.376 e. The summed E-state index contributed by atoms with van der Waals surface area (Å²) >= 11 is 4.74. The van der Waals surface area contributed by atoms with Gasteiger partial charge in [0.1, 0.15) is 0 Å². The number of hydrogen-bond acceptors (Lipinski definition) is 3. The van der Waals surface area contributed by atoms with Crippen molar-refractivity contribution >= 4 is 23.0 Å². The van der Waals surface area contributed by atoms with Crippen LogP contribution < -0.4 is 22.4 Å². The van der Waals surface area contributed by atoms with Crippen molar-refractivity contribution in [3.63, 3.8) is 0 Å². The number of hydrogen-bond donors (Lipinski definition) is 2. The van der Waals surface area contributed by atoms with Crippen LogP contribution in [0.4, 0.5) is 5.69 Å². The predicted octanol–water partition coefficient (Wildman–Crippen LogP) is -0.470. The van der Waals surface area contributed by atoms with Gasteiger partial charge in [-0.1, -0.05) is 6.07 Å². The summed E-state index contributed by atoms with van der Waals surface area (Å²) in [5, 5.41) is 2.87. The lowest BCUT2D eigenvalue weighted by molar-refractivity contribution is 0.565. The second-order valence-corrected chi connectivity index (χ2v) is 4.43. The Kier molecular flexibility index (Phi) is 3.26. The van der Waals surface area contributed by atoms with Crippen LogP contribution in [0.3, 0.4) is 0 Å². The lowest BCUT2D eigenvalue weighted by Crippen LogP contribution is -2.27. The maximum Gasteiger partial charge on any atom is 0.351 e. The van der Waals surface area contributed by atoms with E-state index in [2.05, 4.69) is 5.32 Å². The summed E-state index contributed by atoms with van der Waals surface area (Å²) in [7, 11) is 3.05. The van der Waals surface area contributed by atoms with Crippen LogP contribution in [0, 0.1) is 0 Å². The van der Waals surface area contributed by atoms with Crippen molar-refractivity contribution in [2.45, 2.75) is 0 Å². The monoisotopic (exact) mass is 279 g/mol. The molecule has 8 heteroatoms. The van der Waals surface area contributed by atoms with E-state index < -0.39 is 11.4 Å². The molecule has 0 bridgehead atoms. The standard InChI is InChI=1S/C11H13N5O2S/c1-14-10(17)16(11(18)15(14)2)8-5-3-4-7(6-8)13-9(12)19/h3-6H,1-2H3,(H3,12,13,19). The Balaban J connectivity index is 2.60. The van der Waals surface area contributed by atoms with E-state index in [9.17, 15) is 9.59 Å². The predicted molar refractivity (Wildman–Crippen MR) is 76.7 cm³/mol. The number of aromatic nitrogens is 3. The van der Waals surface area contributed by atoms with Gasteiger partial charge in [0.15, 0.2) is 5.11 Å². The van der Waals surface area contributed by atoms with Crippen molar-refractivity contribution in [1.82, 2.24) is 13.9 Å². The Morgan fingerprint density at radius 3 is 2.32 bits per heavy atom. The van der Waals surface area contributed by atoms with Crippen LogP contribution in [0.2, 0.25) is 0 Å².